The van der Waals surface area contributed by atoms with Crippen LogP contribution in [0.1, 0.15) is 49.8 Å². The summed E-state index contributed by atoms with van der Waals surface area (Å²) in [5.41, 5.74) is 7.79. The van der Waals surface area contributed by atoms with Crippen LogP contribution in [0.15, 0.2) is 59.7 Å². The highest BCUT2D eigenvalue weighted by Gasteiger charge is 2.47. The van der Waals surface area contributed by atoms with Crippen LogP contribution in [0.25, 0.3) is 0 Å². The average Bonchev–Trinajstić information content (AvgIpc) is 2.98. The Bertz CT molecular complexity index is 883. The lowest BCUT2D eigenvalue weighted by Crippen LogP contribution is -2.44. The van der Waals surface area contributed by atoms with E-state index in [0.717, 1.165) is 32.1 Å². The molecule has 30 heavy (non-hydrogen) atoms. The van der Waals surface area contributed by atoms with Gasteiger partial charge < -0.3 is 5.73 Å². The van der Waals surface area contributed by atoms with Crippen LogP contribution in [-0.2, 0) is 17.6 Å². The predicted octanol–water partition coefficient (Wildman–Crippen LogP) is 3.98. The van der Waals surface area contributed by atoms with Crippen molar-refractivity contribution in [1.82, 2.24) is 9.88 Å². The van der Waals surface area contributed by atoms with Crippen LogP contribution in [0.5, 0.6) is 0 Å². The SMILES string of the molecule is CN1C(=O)[C@@](CCc2ccccc2)(C[C@H]2CCC[C@@H](Cc3ccccn3)C2)N=C1N. The second-order valence-corrected chi connectivity index (χ2v) is 8.98. The van der Waals surface area contributed by atoms with Gasteiger partial charge in [0.15, 0.2) is 5.96 Å². The number of likely N-dealkylation sites (N-methyl/N-ethyl adjacent to an activating group) is 1. The monoisotopic (exact) mass is 404 g/mol. The summed E-state index contributed by atoms with van der Waals surface area (Å²) < 4.78 is 0. The number of hydrogen-bond acceptors (Lipinski definition) is 4. The summed E-state index contributed by atoms with van der Waals surface area (Å²) in [5.74, 6) is 1.53. The summed E-state index contributed by atoms with van der Waals surface area (Å²) in [7, 11) is 1.75. The lowest BCUT2D eigenvalue weighted by Gasteiger charge is -2.34. The number of carbonyl (C=O) groups is 1. The third-order valence-electron chi connectivity index (χ3n) is 6.79. The molecule has 1 amide bonds. The number of aromatic nitrogens is 1. The fraction of sp³-hybridized carbons (Fsp3) is 0.480. The molecule has 2 N–H and O–H groups in total. The first-order chi connectivity index (χ1) is 14.6. The summed E-state index contributed by atoms with van der Waals surface area (Å²) in [6.07, 6.45) is 9.98. The third-order valence-corrected chi connectivity index (χ3v) is 6.79. The molecule has 0 spiro atoms. The number of pyridine rings is 1. The molecule has 0 radical (unpaired) electrons. The Morgan fingerprint density at radius 2 is 1.87 bits per heavy atom. The first-order valence-corrected chi connectivity index (χ1v) is 11.1. The first kappa shape index (κ1) is 20.6. The summed E-state index contributed by atoms with van der Waals surface area (Å²) in [6.45, 7) is 0. The Morgan fingerprint density at radius 1 is 1.10 bits per heavy atom. The molecule has 1 aromatic heterocycles. The Morgan fingerprint density at radius 3 is 2.57 bits per heavy atom. The predicted molar refractivity (Wildman–Crippen MR) is 120 cm³/mol. The molecule has 2 heterocycles. The maximum absolute atomic E-state index is 13.2. The number of carbonyl (C=O) groups excluding carboxylic acids is 1. The summed E-state index contributed by atoms with van der Waals surface area (Å²) in [5, 5.41) is 0. The Balaban J connectivity index is 1.47. The minimum absolute atomic E-state index is 0.0581. The molecule has 3 atom stereocenters. The van der Waals surface area contributed by atoms with Crippen molar-refractivity contribution < 1.29 is 4.79 Å². The number of amides is 1. The Hall–Kier alpha value is -2.69. The molecule has 1 aliphatic heterocycles. The standard InChI is InChI=1S/C25H32N4O/c1-29-23(30)25(28-24(29)26,14-13-19-8-3-2-4-9-19)18-21-11-7-10-20(16-21)17-22-12-5-6-15-27-22/h2-6,8-9,12,15,20-21H,7,10-11,13-14,16-18H2,1H3,(H2,26,28)/t20-,21+,25-/m1/s1. The van der Waals surface area contributed by atoms with Gasteiger partial charge >= 0.3 is 0 Å². The molecule has 2 aliphatic rings. The van der Waals surface area contributed by atoms with Crippen molar-refractivity contribution in [2.45, 2.75) is 56.9 Å². The van der Waals surface area contributed by atoms with Crippen molar-refractivity contribution in [1.29, 1.82) is 0 Å². The van der Waals surface area contributed by atoms with E-state index >= 15 is 0 Å². The number of aryl methyl sites for hydroxylation is 1. The largest absolute Gasteiger partial charge is 0.369 e. The van der Waals surface area contributed by atoms with Crippen LogP contribution in [0.4, 0.5) is 0 Å². The number of guanidine groups is 1. The summed E-state index contributed by atoms with van der Waals surface area (Å²) >= 11 is 0. The van der Waals surface area contributed by atoms with E-state index in [9.17, 15) is 4.79 Å². The third kappa shape index (κ3) is 4.55. The molecule has 1 fully saturated rings. The normalized spacial score (nSPS) is 26.6. The fourth-order valence-electron chi connectivity index (χ4n) is 5.22. The number of nitrogens with zero attached hydrogens (tertiary/aromatic N) is 3. The summed E-state index contributed by atoms with van der Waals surface area (Å²) in [6, 6.07) is 16.5. The Kier molecular flexibility index (Phi) is 6.16. The van der Waals surface area contributed by atoms with Crippen molar-refractivity contribution in [2.75, 3.05) is 7.05 Å². The smallest absolute Gasteiger partial charge is 0.257 e. The number of nitrogens with two attached hydrogens (primary N) is 1. The van der Waals surface area contributed by atoms with E-state index in [4.69, 9.17) is 10.7 Å². The van der Waals surface area contributed by atoms with E-state index in [-0.39, 0.29) is 5.91 Å². The van der Waals surface area contributed by atoms with Crippen LogP contribution in [0.2, 0.25) is 0 Å². The van der Waals surface area contributed by atoms with Gasteiger partial charge in [0.2, 0.25) is 0 Å². The van der Waals surface area contributed by atoms with Crippen molar-refractivity contribution in [3.63, 3.8) is 0 Å². The Labute approximate surface area is 179 Å². The topological polar surface area (TPSA) is 71.6 Å². The minimum Gasteiger partial charge on any atom is -0.369 e. The van der Waals surface area contributed by atoms with Gasteiger partial charge in [-0.15, -0.1) is 0 Å². The number of hydrogen-bond donors (Lipinski definition) is 1. The maximum Gasteiger partial charge on any atom is 0.257 e. The van der Waals surface area contributed by atoms with Gasteiger partial charge in [0.25, 0.3) is 5.91 Å². The molecule has 1 aromatic carbocycles. The molecule has 0 saturated heterocycles. The first-order valence-electron chi connectivity index (χ1n) is 11.1. The molecule has 5 nitrogen and oxygen atoms in total. The van der Waals surface area contributed by atoms with E-state index in [0.29, 0.717) is 24.2 Å². The van der Waals surface area contributed by atoms with Crippen molar-refractivity contribution in [3.05, 3.63) is 66.0 Å². The molecule has 1 aliphatic carbocycles. The molecule has 4 rings (SSSR count). The molecule has 1 saturated carbocycles. The quantitative estimate of drug-likeness (QED) is 0.759. The molecule has 2 aromatic rings. The van der Waals surface area contributed by atoms with E-state index in [1.807, 2.05) is 30.5 Å². The van der Waals surface area contributed by atoms with Gasteiger partial charge in [0, 0.05) is 18.9 Å². The van der Waals surface area contributed by atoms with Gasteiger partial charge in [-0.3, -0.25) is 14.7 Å². The van der Waals surface area contributed by atoms with Crippen molar-refractivity contribution >= 4 is 11.9 Å². The van der Waals surface area contributed by atoms with E-state index in [2.05, 4.69) is 29.2 Å². The molecule has 158 valence electrons. The van der Waals surface area contributed by atoms with Crippen LogP contribution < -0.4 is 5.73 Å². The van der Waals surface area contributed by atoms with E-state index in [1.54, 1.807) is 11.9 Å². The van der Waals surface area contributed by atoms with Gasteiger partial charge in [-0.25, -0.2) is 4.99 Å². The maximum atomic E-state index is 13.2. The highest BCUT2D eigenvalue weighted by Crippen LogP contribution is 2.40. The van der Waals surface area contributed by atoms with Gasteiger partial charge in [0.1, 0.15) is 5.54 Å². The second kappa shape index (κ2) is 8.99. The van der Waals surface area contributed by atoms with Gasteiger partial charge in [0.05, 0.1) is 0 Å². The van der Waals surface area contributed by atoms with E-state index in [1.165, 1.54) is 24.1 Å². The highest BCUT2D eigenvalue weighted by atomic mass is 16.2. The van der Waals surface area contributed by atoms with Crippen LogP contribution in [0.3, 0.4) is 0 Å². The zero-order chi connectivity index (χ0) is 21.0. The van der Waals surface area contributed by atoms with Crippen LogP contribution in [-0.4, -0.2) is 34.3 Å². The number of benzene rings is 1. The van der Waals surface area contributed by atoms with Gasteiger partial charge in [-0.05, 0) is 61.6 Å². The zero-order valence-corrected chi connectivity index (χ0v) is 17.8. The zero-order valence-electron chi connectivity index (χ0n) is 17.8. The van der Waals surface area contributed by atoms with E-state index < -0.39 is 5.54 Å². The lowest BCUT2D eigenvalue weighted by molar-refractivity contribution is -0.131. The van der Waals surface area contributed by atoms with Crippen molar-refractivity contribution in [3.8, 4) is 0 Å². The van der Waals surface area contributed by atoms with Gasteiger partial charge in [-0.1, -0.05) is 55.7 Å². The van der Waals surface area contributed by atoms with Crippen LogP contribution >= 0.6 is 0 Å². The molecule has 0 unspecified atom stereocenters. The molecular formula is C25H32N4O. The lowest BCUT2D eigenvalue weighted by atomic mass is 9.72. The number of rotatable bonds is 7. The fourth-order valence-corrected chi connectivity index (χ4v) is 5.22. The second-order valence-electron chi connectivity index (χ2n) is 8.98. The average molecular weight is 405 g/mol. The molecular weight excluding hydrogens is 372 g/mol. The molecule has 5 heteroatoms. The van der Waals surface area contributed by atoms with Crippen molar-refractivity contribution in [2.24, 2.45) is 22.6 Å². The van der Waals surface area contributed by atoms with Gasteiger partial charge in [-0.2, -0.15) is 0 Å². The number of aliphatic imine (C=N–C) groups is 1. The van der Waals surface area contributed by atoms with Crippen LogP contribution in [0, 0.1) is 11.8 Å². The molecule has 0 bridgehead atoms. The highest BCUT2D eigenvalue weighted by molar-refractivity contribution is 6.06. The summed E-state index contributed by atoms with van der Waals surface area (Å²) in [4.78, 5) is 24.0. The minimum atomic E-state index is -0.716.